The van der Waals surface area contributed by atoms with Crippen LogP contribution in [0.3, 0.4) is 0 Å². The van der Waals surface area contributed by atoms with Crippen LogP contribution in [0.15, 0.2) is 24.3 Å². The lowest BCUT2D eigenvalue weighted by atomic mass is 9.80. The molecule has 1 aromatic heterocycles. The molecule has 1 fully saturated rings. The summed E-state index contributed by atoms with van der Waals surface area (Å²) in [5.41, 5.74) is 8.60. The zero-order valence-electron chi connectivity index (χ0n) is 16.3. The fourth-order valence-electron chi connectivity index (χ4n) is 3.21. The molecule has 11 heteroatoms. The van der Waals surface area contributed by atoms with Crippen LogP contribution in [0.2, 0.25) is 0 Å². The number of nitrogens with two attached hydrogens (primary N) is 1. The van der Waals surface area contributed by atoms with Gasteiger partial charge in [-0.25, -0.2) is 14.8 Å². The second-order valence-corrected chi connectivity index (χ2v) is 7.29. The first-order chi connectivity index (χ1) is 14.3. The number of hydrogen-bond acceptors (Lipinski definition) is 5. The third-order valence-electron chi connectivity index (χ3n) is 5.08. The van der Waals surface area contributed by atoms with E-state index in [2.05, 4.69) is 20.7 Å². The number of carbonyl (C=O) groups excluding carboxylic acids is 3. The molecule has 6 N–H and O–H groups in total. The average Bonchev–Trinajstić information content (AvgIpc) is 3.10. The van der Waals surface area contributed by atoms with Crippen LogP contribution < -0.4 is 16.5 Å². The standard InChI is InChI=1S/C19H24N6O5/c20-15(26)8-9-25(19(29)30)24-17(27)14(10-11-4-3-5-11)23-18(28)16-21-12-6-1-2-7-13(12)22-16/h1-2,6-7,11,14H,3-5,8-10H2,(H2,20,26)(H,21,22)(H,23,28)(H,24,27)(H,29,30). The Hall–Kier alpha value is -3.63. The van der Waals surface area contributed by atoms with Crippen molar-refractivity contribution in [2.75, 3.05) is 6.54 Å². The SMILES string of the molecule is NC(=O)CCN(NC(=O)C(CC1CCC1)NC(=O)c1nc2ccccc2[nH]1)C(=O)O. The molecule has 4 amide bonds. The van der Waals surface area contributed by atoms with Gasteiger partial charge in [-0.15, -0.1) is 0 Å². The highest BCUT2D eigenvalue weighted by Gasteiger charge is 2.30. The second-order valence-electron chi connectivity index (χ2n) is 7.29. The third kappa shape index (κ3) is 5.25. The predicted molar refractivity (Wildman–Crippen MR) is 106 cm³/mol. The summed E-state index contributed by atoms with van der Waals surface area (Å²) in [7, 11) is 0. The van der Waals surface area contributed by atoms with Gasteiger partial charge in [0.05, 0.1) is 17.6 Å². The number of H-pyrrole nitrogens is 1. The Balaban J connectivity index is 1.70. The van der Waals surface area contributed by atoms with Crippen molar-refractivity contribution in [3.63, 3.8) is 0 Å². The molecule has 0 saturated heterocycles. The van der Waals surface area contributed by atoms with E-state index in [1.807, 2.05) is 6.07 Å². The molecule has 1 aliphatic rings. The number of hydrazine groups is 1. The minimum atomic E-state index is -1.43. The maximum atomic E-state index is 12.7. The Kier molecular flexibility index (Phi) is 6.50. The van der Waals surface area contributed by atoms with E-state index in [4.69, 9.17) is 5.73 Å². The van der Waals surface area contributed by atoms with Crippen molar-refractivity contribution in [3.05, 3.63) is 30.1 Å². The monoisotopic (exact) mass is 416 g/mol. The van der Waals surface area contributed by atoms with Crippen molar-refractivity contribution in [1.82, 2.24) is 25.7 Å². The lowest BCUT2D eigenvalue weighted by Crippen LogP contribution is -2.55. The highest BCUT2D eigenvalue weighted by Crippen LogP contribution is 2.30. The van der Waals surface area contributed by atoms with Gasteiger partial charge in [-0.1, -0.05) is 31.4 Å². The highest BCUT2D eigenvalue weighted by atomic mass is 16.4. The van der Waals surface area contributed by atoms with Crippen molar-refractivity contribution in [3.8, 4) is 0 Å². The fraction of sp³-hybridized carbons (Fsp3) is 0.421. The van der Waals surface area contributed by atoms with Gasteiger partial charge < -0.3 is 21.1 Å². The van der Waals surface area contributed by atoms with Crippen LogP contribution in [0.4, 0.5) is 4.79 Å². The summed E-state index contributed by atoms with van der Waals surface area (Å²) >= 11 is 0. The van der Waals surface area contributed by atoms with Gasteiger partial charge in [-0.3, -0.25) is 19.8 Å². The maximum absolute atomic E-state index is 12.7. The molecule has 11 nitrogen and oxygen atoms in total. The molecular weight excluding hydrogens is 392 g/mol. The highest BCUT2D eigenvalue weighted by molar-refractivity contribution is 5.97. The molecule has 2 aromatic rings. The number of nitrogens with zero attached hydrogens (tertiary/aromatic N) is 2. The van der Waals surface area contributed by atoms with Crippen molar-refractivity contribution in [2.45, 2.75) is 38.1 Å². The molecule has 1 saturated carbocycles. The largest absolute Gasteiger partial charge is 0.464 e. The second kappa shape index (κ2) is 9.25. The summed E-state index contributed by atoms with van der Waals surface area (Å²) in [6.07, 6.45) is 1.63. The van der Waals surface area contributed by atoms with Crippen LogP contribution >= 0.6 is 0 Å². The van der Waals surface area contributed by atoms with E-state index in [0.29, 0.717) is 22.5 Å². The maximum Gasteiger partial charge on any atom is 0.426 e. The van der Waals surface area contributed by atoms with Gasteiger partial charge in [0.2, 0.25) is 5.91 Å². The van der Waals surface area contributed by atoms with E-state index in [9.17, 15) is 24.3 Å². The number of primary amides is 1. The van der Waals surface area contributed by atoms with Crippen LogP contribution in [-0.4, -0.2) is 56.5 Å². The van der Waals surface area contributed by atoms with Gasteiger partial charge >= 0.3 is 6.09 Å². The number of hydrogen-bond donors (Lipinski definition) is 5. The van der Waals surface area contributed by atoms with Crippen LogP contribution in [0.5, 0.6) is 0 Å². The number of imidazole rings is 1. The zero-order valence-corrected chi connectivity index (χ0v) is 16.3. The Labute approximate surface area is 172 Å². The topological polar surface area (TPSA) is 171 Å². The Bertz CT molecular complexity index is 921. The summed E-state index contributed by atoms with van der Waals surface area (Å²) in [4.78, 5) is 54.8. The zero-order chi connectivity index (χ0) is 21.7. The summed E-state index contributed by atoms with van der Waals surface area (Å²) in [5.74, 6) is -1.62. The van der Waals surface area contributed by atoms with Gasteiger partial charge in [-0.2, -0.15) is 0 Å². The number of aromatic nitrogens is 2. The number of carboxylic acid groups (broad SMARTS) is 1. The number of amides is 4. The Morgan fingerprint density at radius 1 is 1.27 bits per heavy atom. The van der Waals surface area contributed by atoms with E-state index in [-0.39, 0.29) is 24.7 Å². The van der Waals surface area contributed by atoms with Crippen molar-refractivity contribution < 1.29 is 24.3 Å². The minimum absolute atomic E-state index is 0.0615. The number of benzene rings is 1. The average molecular weight is 416 g/mol. The van der Waals surface area contributed by atoms with E-state index in [0.717, 1.165) is 19.3 Å². The normalized spacial score (nSPS) is 14.5. The predicted octanol–water partition coefficient (Wildman–Crippen LogP) is 0.738. The summed E-state index contributed by atoms with van der Waals surface area (Å²) in [5, 5.41) is 12.5. The molecule has 0 aliphatic heterocycles. The molecule has 160 valence electrons. The lowest BCUT2D eigenvalue weighted by molar-refractivity contribution is -0.128. The number of para-hydroxylation sites is 2. The lowest BCUT2D eigenvalue weighted by Gasteiger charge is -2.30. The first-order valence-electron chi connectivity index (χ1n) is 9.68. The molecule has 1 aliphatic carbocycles. The van der Waals surface area contributed by atoms with Gasteiger partial charge in [-0.05, 0) is 24.5 Å². The Morgan fingerprint density at radius 2 is 2.00 bits per heavy atom. The van der Waals surface area contributed by atoms with Gasteiger partial charge in [0.1, 0.15) is 6.04 Å². The number of rotatable bonds is 8. The fourth-order valence-corrected chi connectivity index (χ4v) is 3.21. The van der Waals surface area contributed by atoms with Gasteiger partial charge in [0.25, 0.3) is 11.8 Å². The van der Waals surface area contributed by atoms with Gasteiger partial charge in [0.15, 0.2) is 5.82 Å². The molecule has 0 radical (unpaired) electrons. The smallest absolute Gasteiger partial charge is 0.426 e. The van der Waals surface area contributed by atoms with Crippen LogP contribution in [0.25, 0.3) is 11.0 Å². The molecule has 3 rings (SSSR count). The summed E-state index contributed by atoms with van der Waals surface area (Å²) in [6, 6.07) is 6.18. The number of aromatic amines is 1. The molecule has 30 heavy (non-hydrogen) atoms. The summed E-state index contributed by atoms with van der Waals surface area (Å²) in [6.45, 7) is -0.288. The van der Waals surface area contributed by atoms with Crippen LogP contribution in [0, 0.1) is 5.92 Å². The molecule has 0 bridgehead atoms. The van der Waals surface area contributed by atoms with Crippen molar-refractivity contribution in [1.29, 1.82) is 0 Å². The molecule has 0 spiro atoms. The van der Waals surface area contributed by atoms with E-state index in [1.54, 1.807) is 18.2 Å². The van der Waals surface area contributed by atoms with Crippen molar-refractivity contribution >= 4 is 34.8 Å². The van der Waals surface area contributed by atoms with Crippen LogP contribution in [-0.2, 0) is 9.59 Å². The quantitative estimate of drug-likeness (QED) is 0.397. The van der Waals surface area contributed by atoms with E-state index in [1.165, 1.54) is 0 Å². The first-order valence-corrected chi connectivity index (χ1v) is 9.68. The number of carbonyl (C=O) groups is 4. The number of fused-ring (bicyclic) bond motifs is 1. The molecule has 1 atom stereocenters. The van der Waals surface area contributed by atoms with Crippen LogP contribution in [0.1, 0.15) is 42.7 Å². The van der Waals surface area contributed by atoms with E-state index >= 15 is 0 Å². The molecular formula is C19H24N6O5. The third-order valence-corrected chi connectivity index (χ3v) is 5.08. The summed E-state index contributed by atoms with van der Waals surface area (Å²) < 4.78 is 0. The molecule has 1 aromatic carbocycles. The minimum Gasteiger partial charge on any atom is -0.464 e. The van der Waals surface area contributed by atoms with E-state index < -0.39 is 29.9 Å². The van der Waals surface area contributed by atoms with Crippen molar-refractivity contribution in [2.24, 2.45) is 11.7 Å². The molecule has 1 heterocycles. The first kappa shape index (κ1) is 21.1. The Morgan fingerprint density at radius 3 is 2.60 bits per heavy atom. The molecule has 1 unspecified atom stereocenters. The van der Waals surface area contributed by atoms with Gasteiger partial charge in [0, 0.05) is 6.42 Å². The number of nitrogens with one attached hydrogen (secondary N) is 3.